The Morgan fingerprint density at radius 1 is 1.18 bits per heavy atom. The van der Waals surface area contributed by atoms with E-state index in [0.717, 1.165) is 24.9 Å². The molecule has 17 heavy (non-hydrogen) atoms. The van der Waals surface area contributed by atoms with E-state index in [1.807, 2.05) is 0 Å². The zero-order chi connectivity index (χ0) is 12.7. The van der Waals surface area contributed by atoms with Crippen molar-refractivity contribution in [1.29, 1.82) is 0 Å². The van der Waals surface area contributed by atoms with Crippen LogP contribution in [-0.2, 0) is 0 Å². The first kappa shape index (κ1) is 14.3. The fraction of sp³-hybridized carbons (Fsp3) is 0.923. The van der Waals surface area contributed by atoms with E-state index in [-0.39, 0.29) is 6.03 Å². The van der Waals surface area contributed by atoms with Crippen LogP contribution in [0.3, 0.4) is 0 Å². The molecule has 0 aromatic carbocycles. The molecule has 0 aromatic rings. The number of carbonyl (C=O) groups is 1. The summed E-state index contributed by atoms with van der Waals surface area (Å²) in [5.41, 5.74) is 0. The van der Waals surface area contributed by atoms with Crippen LogP contribution in [0.1, 0.15) is 32.6 Å². The van der Waals surface area contributed by atoms with Gasteiger partial charge in [-0.3, -0.25) is 0 Å². The van der Waals surface area contributed by atoms with Gasteiger partial charge in [-0.1, -0.05) is 19.8 Å². The Labute approximate surface area is 105 Å². The van der Waals surface area contributed by atoms with Gasteiger partial charge in [-0.25, -0.2) is 4.79 Å². The summed E-state index contributed by atoms with van der Waals surface area (Å²) in [4.78, 5) is 12.8. The molecule has 4 nitrogen and oxygen atoms in total. The Kier molecular flexibility index (Phi) is 6.34. The quantitative estimate of drug-likeness (QED) is 0.719. The van der Waals surface area contributed by atoms with Crippen molar-refractivity contribution in [1.82, 2.24) is 15.5 Å². The van der Waals surface area contributed by atoms with Crippen molar-refractivity contribution < 1.29 is 4.79 Å². The minimum absolute atomic E-state index is 0.0155. The third-order valence-corrected chi connectivity index (χ3v) is 3.55. The van der Waals surface area contributed by atoms with Crippen molar-refractivity contribution in [3.8, 4) is 0 Å². The van der Waals surface area contributed by atoms with Gasteiger partial charge in [-0.2, -0.15) is 0 Å². The lowest BCUT2D eigenvalue weighted by molar-refractivity contribution is 0.217. The molecule has 0 aliphatic heterocycles. The normalized spacial score (nSPS) is 24.4. The second kappa shape index (κ2) is 7.54. The molecule has 2 N–H and O–H groups in total. The van der Waals surface area contributed by atoms with Gasteiger partial charge in [0.15, 0.2) is 0 Å². The average Bonchev–Trinajstić information content (AvgIpc) is 2.30. The van der Waals surface area contributed by atoms with Gasteiger partial charge < -0.3 is 15.5 Å². The van der Waals surface area contributed by atoms with Crippen molar-refractivity contribution in [2.45, 2.75) is 32.6 Å². The third-order valence-electron chi connectivity index (χ3n) is 3.55. The van der Waals surface area contributed by atoms with E-state index in [2.05, 4.69) is 17.6 Å². The lowest BCUT2D eigenvalue weighted by Gasteiger charge is -2.26. The number of urea groups is 1. The molecule has 1 aliphatic rings. The van der Waals surface area contributed by atoms with Crippen LogP contribution in [0.4, 0.5) is 4.79 Å². The molecule has 0 spiro atoms. The molecule has 2 amide bonds. The highest BCUT2D eigenvalue weighted by Crippen LogP contribution is 2.27. The van der Waals surface area contributed by atoms with Crippen LogP contribution in [-0.4, -0.2) is 44.7 Å². The molecule has 0 heterocycles. The second-order valence-corrected chi connectivity index (χ2v) is 5.46. The summed E-state index contributed by atoms with van der Waals surface area (Å²) in [7, 11) is 3.51. The van der Waals surface area contributed by atoms with Crippen molar-refractivity contribution in [2.24, 2.45) is 11.8 Å². The number of rotatable bonds is 5. The second-order valence-electron chi connectivity index (χ2n) is 5.46. The molecule has 0 unspecified atom stereocenters. The van der Waals surface area contributed by atoms with E-state index in [4.69, 9.17) is 0 Å². The molecule has 0 atom stereocenters. The molecular formula is C13H27N3O. The summed E-state index contributed by atoms with van der Waals surface area (Å²) in [6.45, 7) is 5.02. The summed E-state index contributed by atoms with van der Waals surface area (Å²) < 4.78 is 0. The van der Waals surface area contributed by atoms with Gasteiger partial charge in [-0.05, 0) is 31.2 Å². The van der Waals surface area contributed by atoms with Crippen LogP contribution in [0.5, 0.6) is 0 Å². The maximum atomic E-state index is 11.2. The van der Waals surface area contributed by atoms with Gasteiger partial charge in [0.05, 0.1) is 0 Å². The maximum Gasteiger partial charge on any atom is 0.316 e. The minimum atomic E-state index is -0.0155. The van der Waals surface area contributed by atoms with Gasteiger partial charge in [-0.15, -0.1) is 0 Å². The first-order chi connectivity index (χ1) is 8.09. The Bertz CT molecular complexity index is 223. The molecule has 100 valence electrons. The highest BCUT2D eigenvalue weighted by molar-refractivity contribution is 5.73. The summed E-state index contributed by atoms with van der Waals surface area (Å²) in [5.74, 6) is 1.77. The van der Waals surface area contributed by atoms with Crippen molar-refractivity contribution in [2.75, 3.05) is 33.7 Å². The summed E-state index contributed by atoms with van der Waals surface area (Å²) in [5, 5.41) is 6.28. The molecule has 1 rings (SSSR count). The van der Waals surface area contributed by atoms with E-state index in [9.17, 15) is 4.79 Å². The molecule has 1 saturated carbocycles. The monoisotopic (exact) mass is 241 g/mol. The Morgan fingerprint density at radius 2 is 1.82 bits per heavy atom. The molecule has 0 radical (unpaired) electrons. The van der Waals surface area contributed by atoms with Gasteiger partial charge in [0.1, 0.15) is 0 Å². The number of nitrogens with one attached hydrogen (secondary N) is 2. The zero-order valence-electron chi connectivity index (χ0n) is 11.5. The number of hydrogen-bond acceptors (Lipinski definition) is 2. The molecule has 4 heteroatoms. The lowest BCUT2D eigenvalue weighted by atomic mass is 9.83. The van der Waals surface area contributed by atoms with E-state index < -0.39 is 0 Å². The van der Waals surface area contributed by atoms with Crippen LogP contribution in [0.2, 0.25) is 0 Å². The van der Waals surface area contributed by atoms with Crippen LogP contribution in [0.25, 0.3) is 0 Å². The summed E-state index contributed by atoms with van der Waals surface area (Å²) >= 11 is 0. The van der Waals surface area contributed by atoms with Crippen molar-refractivity contribution in [3.63, 3.8) is 0 Å². The lowest BCUT2D eigenvalue weighted by Crippen LogP contribution is -2.39. The largest absolute Gasteiger partial charge is 0.337 e. The Morgan fingerprint density at radius 3 is 2.41 bits per heavy atom. The molecule has 0 aromatic heterocycles. The van der Waals surface area contributed by atoms with Crippen molar-refractivity contribution in [3.05, 3.63) is 0 Å². The Hall–Kier alpha value is -0.770. The molecule has 1 fully saturated rings. The SMILES string of the molecule is CC1CCC(CNCCNC(=O)N(C)C)CC1. The summed E-state index contributed by atoms with van der Waals surface area (Å²) in [6.07, 6.45) is 5.48. The highest BCUT2D eigenvalue weighted by atomic mass is 16.2. The predicted molar refractivity (Wildman–Crippen MR) is 71.1 cm³/mol. The first-order valence-corrected chi connectivity index (χ1v) is 6.75. The highest BCUT2D eigenvalue weighted by Gasteiger charge is 2.17. The fourth-order valence-corrected chi connectivity index (χ4v) is 2.26. The maximum absolute atomic E-state index is 11.2. The minimum Gasteiger partial charge on any atom is -0.337 e. The molecule has 0 bridgehead atoms. The fourth-order valence-electron chi connectivity index (χ4n) is 2.26. The first-order valence-electron chi connectivity index (χ1n) is 6.75. The van der Waals surface area contributed by atoms with Crippen LogP contribution in [0, 0.1) is 11.8 Å². The Balaban J connectivity index is 1.96. The van der Waals surface area contributed by atoms with E-state index in [0.29, 0.717) is 6.54 Å². The number of hydrogen-bond donors (Lipinski definition) is 2. The predicted octanol–water partition coefficient (Wildman–Crippen LogP) is 1.67. The van der Waals surface area contributed by atoms with Crippen molar-refractivity contribution >= 4 is 6.03 Å². The zero-order valence-corrected chi connectivity index (χ0v) is 11.5. The molecular weight excluding hydrogens is 214 g/mol. The van der Waals surface area contributed by atoms with Crippen LogP contribution >= 0.6 is 0 Å². The van der Waals surface area contributed by atoms with Gasteiger partial charge in [0.25, 0.3) is 0 Å². The van der Waals surface area contributed by atoms with Crippen LogP contribution in [0.15, 0.2) is 0 Å². The standard InChI is InChI=1S/C13H27N3O/c1-11-4-6-12(7-5-11)10-14-8-9-15-13(17)16(2)3/h11-12,14H,4-10H2,1-3H3,(H,15,17). The van der Waals surface area contributed by atoms with Crippen LogP contribution < -0.4 is 10.6 Å². The third kappa shape index (κ3) is 5.91. The number of amides is 2. The number of nitrogens with zero attached hydrogens (tertiary/aromatic N) is 1. The van der Waals surface area contributed by atoms with E-state index >= 15 is 0 Å². The smallest absolute Gasteiger partial charge is 0.316 e. The molecule has 0 saturated heterocycles. The van der Waals surface area contributed by atoms with E-state index in [1.165, 1.54) is 25.7 Å². The van der Waals surface area contributed by atoms with Gasteiger partial charge >= 0.3 is 6.03 Å². The summed E-state index contributed by atoms with van der Waals surface area (Å²) in [6, 6.07) is -0.0155. The van der Waals surface area contributed by atoms with Gasteiger partial charge in [0, 0.05) is 27.2 Å². The average molecular weight is 241 g/mol. The molecule has 1 aliphatic carbocycles. The number of carbonyl (C=O) groups excluding carboxylic acids is 1. The topological polar surface area (TPSA) is 44.4 Å². The van der Waals surface area contributed by atoms with E-state index in [1.54, 1.807) is 19.0 Å². The van der Waals surface area contributed by atoms with Gasteiger partial charge in [0.2, 0.25) is 0 Å².